The molecule has 1 aromatic carbocycles. The summed E-state index contributed by atoms with van der Waals surface area (Å²) in [6.45, 7) is 4.94. The largest absolute Gasteiger partial charge is 0.394 e. The third kappa shape index (κ3) is 9.70. The van der Waals surface area contributed by atoms with Gasteiger partial charge >= 0.3 is 0 Å². The van der Waals surface area contributed by atoms with Crippen molar-refractivity contribution >= 4 is 58.3 Å². The summed E-state index contributed by atoms with van der Waals surface area (Å²) < 4.78 is 0. The molecule has 2 aromatic rings. The van der Waals surface area contributed by atoms with Crippen molar-refractivity contribution in [1.29, 1.82) is 0 Å². The Balaban J connectivity index is 1.73. The molecule has 2 aliphatic heterocycles. The molecule has 4 rings (SSSR count). The SMILES string of the molecule is CC(C)C[C@@H]1NC(=O)/C(=C\c2c[nH]c3ccccc23)NC(=O)[C@H](CO)NC(=O)[C@@H]2CCCN2C(=O)[C@H]([C@@H](C)O)NC(=O)CNC(=O)[C@H](C)NC1=O. The number of amides is 7. The molecular weight excluding hydrogens is 664 g/mol. The number of H-pyrrole nitrogens is 1. The van der Waals surface area contributed by atoms with E-state index in [0.717, 1.165) is 5.52 Å². The average molecular weight is 711 g/mol. The molecule has 0 saturated carbocycles. The van der Waals surface area contributed by atoms with Crippen LogP contribution < -0.4 is 31.9 Å². The molecule has 0 spiro atoms. The van der Waals surface area contributed by atoms with Crippen molar-refractivity contribution in [3.63, 3.8) is 0 Å². The molecule has 17 heteroatoms. The standard InChI is InChI=1S/C34H46N8O9/c1-17(2)12-23-30(47)37-18(3)29(46)36-15-27(45)41-28(19(4)44)34(51)42-11-7-10-26(42)33(50)40-25(16-43)32(49)39-24(31(48)38-23)13-20-14-35-22-9-6-5-8-21(20)22/h5-6,8-9,13-14,17-19,23,25-26,28,35,43-44H,7,10-12,15-16H2,1-4H3,(H,36,46)(H,37,47)(H,38,48)(H,39,49)(H,40,50)(H,41,45)/b24-13+/t18-,19+,23-,25-,26-,28-/m0/s1. The molecule has 9 N–H and O–H groups in total. The van der Waals surface area contributed by atoms with E-state index in [9.17, 15) is 43.8 Å². The Bertz CT molecular complexity index is 1690. The van der Waals surface area contributed by atoms with Gasteiger partial charge < -0.3 is 52.0 Å². The number of aromatic nitrogens is 1. The highest BCUT2D eigenvalue weighted by Crippen LogP contribution is 2.21. The van der Waals surface area contributed by atoms with Crippen LogP contribution in [0.3, 0.4) is 0 Å². The number of para-hydroxylation sites is 1. The van der Waals surface area contributed by atoms with Crippen molar-refractivity contribution in [3.8, 4) is 0 Å². The highest BCUT2D eigenvalue weighted by molar-refractivity contribution is 6.06. The lowest BCUT2D eigenvalue weighted by Crippen LogP contribution is -2.59. The van der Waals surface area contributed by atoms with Crippen molar-refractivity contribution in [2.75, 3.05) is 19.7 Å². The average Bonchev–Trinajstić information content (AvgIpc) is 3.74. The van der Waals surface area contributed by atoms with Crippen molar-refractivity contribution < 1.29 is 43.8 Å². The molecule has 0 aliphatic carbocycles. The summed E-state index contributed by atoms with van der Waals surface area (Å²) in [5, 5.41) is 36.2. The first-order valence-corrected chi connectivity index (χ1v) is 16.9. The maximum absolute atomic E-state index is 13.9. The number of carbonyl (C=O) groups is 7. The van der Waals surface area contributed by atoms with E-state index in [2.05, 4.69) is 36.9 Å². The minimum absolute atomic E-state index is 0.104. The van der Waals surface area contributed by atoms with Crippen LogP contribution in [0, 0.1) is 5.92 Å². The Morgan fingerprint density at radius 3 is 2.31 bits per heavy atom. The molecule has 0 unspecified atom stereocenters. The minimum atomic E-state index is -1.57. The van der Waals surface area contributed by atoms with Crippen molar-refractivity contribution in [2.45, 2.75) is 83.3 Å². The molecule has 6 atom stereocenters. The molecule has 276 valence electrons. The van der Waals surface area contributed by atoms with Gasteiger partial charge in [0.1, 0.15) is 35.9 Å². The number of nitrogens with one attached hydrogen (secondary N) is 7. The predicted molar refractivity (Wildman–Crippen MR) is 184 cm³/mol. The Morgan fingerprint density at radius 1 is 0.902 bits per heavy atom. The number of hydrogen-bond acceptors (Lipinski definition) is 9. The van der Waals surface area contributed by atoms with E-state index in [1.54, 1.807) is 18.3 Å². The van der Waals surface area contributed by atoms with Gasteiger partial charge in [0.05, 0.1) is 19.3 Å². The van der Waals surface area contributed by atoms with Crippen LogP contribution in [-0.4, -0.2) is 117 Å². The van der Waals surface area contributed by atoms with Crippen LogP contribution in [-0.2, 0) is 33.6 Å². The maximum atomic E-state index is 13.9. The molecule has 51 heavy (non-hydrogen) atoms. The number of aliphatic hydroxyl groups excluding tert-OH is 2. The van der Waals surface area contributed by atoms with Gasteiger partial charge in [0.2, 0.25) is 35.4 Å². The fraction of sp³-hybridized carbons (Fsp3) is 0.500. The first-order chi connectivity index (χ1) is 24.2. The van der Waals surface area contributed by atoms with Crippen LogP contribution in [0.4, 0.5) is 0 Å². The summed E-state index contributed by atoms with van der Waals surface area (Å²) >= 11 is 0. The lowest BCUT2D eigenvalue weighted by atomic mass is 10.0. The van der Waals surface area contributed by atoms with Crippen molar-refractivity contribution in [2.24, 2.45) is 5.92 Å². The van der Waals surface area contributed by atoms with Gasteiger partial charge in [-0.15, -0.1) is 0 Å². The van der Waals surface area contributed by atoms with Gasteiger partial charge in [-0.2, -0.15) is 0 Å². The van der Waals surface area contributed by atoms with Crippen LogP contribution in [0.2, 0.25) is 0 Å². The van der Waals surface area contributed by atoms with Gasteiger partial charge in [-0.1, -0.05) is 32.0 Å². The number of benzene rings is 1. The highest BCUT2D eigenvalue weighted by atomic mass is 16.3. The Hall–Kier alpha value is -5.29. The van der Waals surface area contributed by atoms with Gasteiger partial charge in [-0.3, -0.25) is 33.6 Å². The number of carbonyl (C=O) groups excluding carboxylic acids is 7. The Labute approximate surface area is 294 Å². The molecule has 1 aromatic heterocycles. The van der Waals surface area contributed by atoms with E-state index >= 15 is 0 Å². The second-order valence-corrected chi connectivity index (χ2v) is 13.2. The topological polar surface area (TPSA) is 251 Å². The fourth-order valence-electron chi connectivity index (χ4n) is 5.94. The van der Waals surface area contributed by atoms with Gasteiger partial charge in [-0.25, -0.2) is 0 Å². The van der Waals surface area contributed by atoms with Crippen molar-refractivity contribution in [1.82, 2.24) is 41.8 Å². The number of hydrogen-bond donors (Lipinski definition) is 9. The maximum Gasteiger partial charge on any atom is 0.268 e. The van der Waals surface area contributed by atoms with Crippen molar-refractivity contribution in [3.05, 3.63) is 41.7 Å². The monoisotopic (exact) mass is 710 g/mol. The highest BCUT2D eigenvalue weighted by Gasteiger charge is 2.40. The predicted octanol–water partition coefficient (Wildman–Crippen LogP) is -1.88. The lowest BCUT2D eigenvalue weighted by Gasteiger charge is -2.30. The molecule has 17 nitrogen and oxygen atoms in total. The smallest absolute Gasteiger partial charge is 0.268 e. The summed E-state index contributed by atoms with van der Waals surface area (Å²) in [4.78, 5) is 97.8. The van der Waals surface area contributed by atoms with E-state index in [1.807, 2.05) is 26.0 Å². The van der Waals surface area contributed by atoms with Crippen LogP contribution >= 0.6 is 0 Å². The van der Waals surface area contributed by atoms with Crippen LogP contribution in [0.25, 0.3) is 17.0 Å². The van der Waals surface area contributed by atoms with E-state index in [4.69, 9.17) is 0 Å². The van der Waals surface area contributed by atoms with Crippen LogP contribution in [0.5, 0.6) is 0 Å². The van der Waals surface area contributed by atoms with Crippen LogP contribution in [0.15, 0.2) is 36.2 Å². The summed E-state index contributed by atoms with van der Waals surface area (Å²) in [5.74, 6) is -5.75. The molecule has 0 bridgehead atoms. The molecule has 0 radical (unpaired) electrons. The van der Waals surface area contributed by atoms with E-state index in [-0.39, 0.29) is 31.0 Å². The zero-order chi connectivity index (χ0) is 37.4. The van der Waals surface area contributed by atoms with Gasteiger partial charge in [0.15, 0.2) is 0 Å². The Kier molecular flexibility index (Phi) is 12.9. The van der Waals surface area contributed by atoms with E-state index in [0.29, 0.717) is 17.4 Å². The zero-order valence-electron chi connectivity index (χ0n) is 28.9. The molecule has 2 aliphatic rings. The van der Waals surface area contributed by atoms with Crippen LogP contribution in [0.1, 0.15) is 52.5 Å². The number of fused-ring (bicyclic) bond motifs is 2. The lowest BCUT2D eigenvalue weighted by molar-refractivity contribution is -0.144. The minimum Gasteiger partial charge on any atom is -0.394 e. The van der Waals surface area contributed by atoms with Gasteiger partial charge in [-0.05, 0) is 51.2 Å². The summed E-state index contributed by atoms with van der Waals surface area (Å²) in [6, 6.07) is 0.736. The first-order valence-electron chi connectivity index (χ1n) is 16.9. The van der Waals surface area contributed by atoms with E-state index < -0.39 is 90.8 Å². The summed E-state index contributed by atoms with van der Waals surface area (Å²) in [5.41, 5.74) is 0.948. The number of nitrogens with zero attached hydrogens (tertiary/aromatic N) is 1. The Morgan fingerprint density at radius 2 is 1.63 bits per heavy atom. The number of aliphatic hydroxyl groups is 2. The number of aromatic amines is 1. The summed E-state index contributed by atoms with van der Waals surface area (Å²) in [6.07, 6.45) is 2.35. The normalized spacial score (nSPS) is 26.4. The zero-order valence-corrected chi connectivity index (χ0v) is 28.9. The summed E-state index contributed by atoms with van der Waals surface area (Å²) in [7, 11) is 0. The third-order valence-electron chi connectivity index (χ3n) is 8.65. The molecule has 7 amide bonds. The van der Waals surface area contributed by atoms with E-state index in [1.165, 1.54) is 24.8 Å². The fourth-order valence-corrected chi connectivity index (χ4v) is 5.94. The molecular formula is C34H46N8O9. The molecule has 3 heterocycles. The first kappa shape index (κ1) is 38.5. The third-order valence-corrected chi connectivity index (χ3v) is 8.65. The molecule has 2 fully saturated rings. The number of rotatable bonds is 5. The van der Waals surface area contributed by atoms with Gasteiger partial charge in [0, 0.05) is 29.2 Å². The second kappa shape index (κ2) is 17.1. The second-order valence-electron chi connectivity index (χ2n) is 13.2. The van der Waals surface area contributed by atoms with Gasteiger partial charge in [0.25, 0.3) is 5.91 Å². The quantitative estimate of drug-likeness (QED) is 0.157. The molecule has 2 saturated heterocycles.